The summed E-state index contributed by atoms with van der Waals surface area (Å²) in [6, 6.07) is 3.56. The van der Waals surface area contributed by atoms with Crippen LogP contribution in [-0.4, -0.2) is 30.1 Å². The van der Waals surface area contributed by atoms with E-state index in [-0.39, 0.29) is 0 Å². The Morgan fingerprint density at radius 3 is 3.06 bits per heavy atom. The first-order chi connectivity index (χ1) is 8.15. The predicted molar refractivity (Wildman–Crippen MR) is 78.6 cm³/mol. The van der Waals surface area contributed by atoms with Gasteiger partial charge in [-0.05, 0) is 41.4 Å². The van der Waals surface area contributed by atoms with Crippen LogP contribution in [0.25, 0.3) is 0 Å². The smallest absolute Gasteiger partial charge is 0.0331 e. The molecule has 1 aromatic rings. The molecule has 0 amide bonds. The third kappa shape index (κ3) is 4.05. The van der Waals surface area contributed by atoms with Crippen LogP contribution in [0.4, 0.5) is 0 Å². The van der Waals surface area contributed by atoms with E-state index in [9.17, 15) is 0 Å². The lowest BCUT2D eigenvalue weighted by Crippen LogP contribution is -2.39. The second-order valence-electron chi connectivity index (χ2n) is 5.06. The van der Waals surface area contributed by atoms with Gasteiger partial charge in [-0.1, -0.05) is 13.8 Å². The number of likely N-dealkylation sites (tertiary alicyclic amines) is 1. The number of hydrogen-bond donors (Lipinski definition) is 1. The fourth-order valence-corrected chi connectivity index (χ4v) is 3.82. The lowest BCUT2D eigenvalue weighted by atomic mass is 10.2. The van der Waals surface area contributed by atoms with E-state index < -0.39 is 0 Å². The molecular weight excluding hydrogens is 296 g/mol. The highest BCUT2D eigenvalue weighted by molar-refractivity contribution is 9.10. The molecule has 2 rings (SSSR count). The summed E-state index contributed by atoms with van der Waals surface area (Å²) in [6.45, 7) is 7.93. The Morgan fingerprint density at radius 2 is 2.41 bits per heavy atom. The maximum absolute atomic E-state index is 3.56. The summed E-state index contributed by atoms with van der Waals surface area (Å²) in [7, 11) is 0. The molecule has 4 heteroatoms. The number of halogens is 1. The van der Waals surface area contributed by atoms with E-state index in [1.807, 2.05) is 11.3 Å². The van der Waals surface area contributed by atoms with Crippen molar-refractivity contribution in [2.75, 3.05) is 13.1 Å². The molecule has 1 saturated heterocycles. The molecule has 1 fully saturated rings. The molecule has 0 spiro atoms. The number of nitrogens with one attached hydrogen (secondary N) is 1. The summed E-state index contributed by atoms with van der Waals surface area (Å²) in [6.07, 6.45) is 2.68. The molecular formula is C13H21BrN2S. The minimum atomic E-state index is 0.591. The van der Waals surface area contributed by atoms with Crippen molar-refractivity contribution in [3.05, 3.63) is 20.8 Å². The molecule has 0 aliphatic carbocycles. The summed E-state index contributed by atoms with van der Waals surface area (Å²) in [5.41, 5.74) is 0. The van der Waals surface area contributed by atoms with Gasteiger partial charge >= 0.3 is 0 Å². The fourth-order valence-electron chi connectivity index (χ4n) is 2.34. The zero-order valence-electron chi connectivity index (χ0n) is 10.6. The van der Waals surface area contributed by atoms with Crippen LogP contribution in [0.3, 0.4) is 0 Å². The van der Waals surface area contributed by atoms with E-state index in [2.05, 4.69) is 51.4 Å². The third-order valence-electron chi connectivity index (χ3n) is 3.24. The first-order valence-corrected chi connectivity index (χ1v) is 8.03. The fraction of sp³-hybridized carbons (Fsp3) is 0.692. The van der Waals surface area contributed by atoms with Crippen LogP contribution in [0.1, 0.15) is 31.6 Å². The molecule has 1 aliphatic rings. The van der Waals surface area contributed by atoms with Crippen LogP contribution in [0.2, 0.25) is 0 Å². The van der Waals surface area contributed by atoms with Gasteiger partial charge in [0.1, 0.15) is 0 Å². The summed E-state index contributed by atoms with van der Waals surface area (Å²) < 4.78 is 1.22. The molecule has 1 atom stereocenters. The van der Waals surface area contributed by atoms with Crippen molar-refractivity contribution in [3.8, 4) is 0 Å². The quantitative estimate of drug-likeness (QED) is 0.894. The SMILES string of the molecule is CC(C)NCC1CCCN1Cc1cc(Br)cs1. The van der Waals surface area contributed by atoms with Crippen LogP contribution >= 0.6 is 27.3 Å². The average molecular weight is 317 g/mol. The normalized spacial score (nSPS) is 21.5. The summed E-state index contributed by atoms with van der Waals surface area (Å²) in [5.74, 6) is 0. The Kier molecular flexibility index (Phi) is 5.03. The highest BCUT2D eigenvalue weighted by Crippen LogP contribution is 2.25. The third-order valence-corrected chi connectivity index (χ3v) is 4.92. The molecule has 1 aliphatic heterocycles. The minimum absolute atomic E-state index is 0.591. The molecule has 1 unspecified atom stereocenters. The second-order valence-corrected chi connectivity index (χ2v) is 6.97. The van der Waals surface area contributed by atoms with Gasteiger partial charge in [-0.2, -0.15) is 0 Å². The van der Waals surface area contributed by atoms with Crippen LogP contribution < -0.4 is 5.32 Å². The number of nitrogens with zero attached hydrogens (tertiary/aromatic N) is 1. The first kappa shape index (κ1) is 13.5. The zero-order chi connectivity index (χ0) is 12.3. The summed E-state index contributed by atoms with van der Waals surface area (Å²) >= 11 is 5.38. The van der Waals surface area contributed by atoms with E-state index in [0.29, 0.717) is 6.04 Å². The molecule has 0 aromatic carbocycles. The van der Waals surface area contributed by atoms with Crippen LogP contribution in [0.15, 0.2) is 15.9 Å². The van der Waals surface area contributed by atoms with Gasteiger partial charge in [0.2, 0.25) is 0 Å². The van der Waals surface area contributed by atoms with Crippen molar-refractivity contribution in [2.45, 2.75) is 45.3 Å². The largest absolute Gasteiger partial charge is 0.313 e. The van der Waals surface area contributed by atoms with E-state index in [4.69, 9.17) is 0 Å². The van der Waals surface area contributed by atoms with Gasteiger partial charge in [0.25, 0.3) is 0 Å². The van der Waals surface area contributed by atoms with Gasteiger partial charge in [-0.25, -0.2) is 0 Å². The molecule has 2 nitrogen and oxygen atoms in total. The average Bonchev–Trinajstić information content (AvgIpc) is 2.86. The highest BCUT2D eigenvalue weighted by Gasteiger charge is 2.24. The molecule has 1 aromatic heterocycles. The standard InChI is InChI=1S/C13H21BrN2S/c1-10(2)15-7-12-4-3-5-16(12)8-13-6-11(14)9-17-13/h6,9-10,12,15H,3-5,7-8H2,1-2H3. The lowest BCUT2D eigenvalue weighted by molar-refractivity contribution is 0.238. The van der Waals surface area contributed by atoms with Crippen molar-refractivity contribution in [2.24, 2.45) is 0 Å². The Labute approximate surface area is 117 Å². The van der Waals surface area contributed by atoms with Crippen molar-refractivity contribution in [1.82, 2.24) is 10.2 Å². The molecule has 2 heterocycles. The van der Waals surface area contributed by atoms with Crippen molar-refractivity contribution >= 4 is 27.3 Å². The predicted octanol–water partition coefficient (Wildman–Crippen LogP) is 3.47. The maximum atomic E-state index is 3.56. The van der Waals surface area contributed by atoms with Gasteiger partial charge in [-0.3, -0.25) is 4.90 Å². The highest BCUT2D eigenvalue weighted by atomic mass is 79.9. The monoisotopic (exact) mass is 316 g/mol. The van der Waals surface area contributed by atoms with Gasteiger partial charge < -0.3 is 5.32 Å². The van der Waals surface area contributed by atoms with E-state index >= 15 is 0 Å². The van der Waals surface area contributed by atoms with Gasteiger partial charge in [0, 0.05) is 39.9 Å². The van der Waals surface area contributed by atoms with Crippen LogP contribution in [-0.2, 0) is 6.54 Å². The van der Waals surface area contributed by atoms with Gasteiger partial charge in [-0.15, -0.1) is 11.3 Å². The lowest BCUT2D eigenvalue weighted by Gasteiger charge is -2.25. The molecule has 1 N–H and O–H groups in total. The first-order valence-electron chi connectivity index (χ1n) is 6.35. The Hall–Kier alpha value is 0.1000. The van der Waals surface area contributed by atoms with Crippen molar-refractivity contribution in [3.63, 3.8) is 0 Å². The second kappa shape index (κ2) is 6.32. The Morgan fingerprint density at radius 1 is 1.59 bits per heavy atom. The minimum Gasteiger partial charge on any atom is -0.313 e. The molecule has 0 saturated carbocycles. The van der Waals surface area contributed by atoms with Crippen molar-refractivity contribution in [1.29, 1.82) is 0 Å². The molecule has 0 bridgehead atoms. The number of rotatable bonds is 5. The summed E-state index contributed by atoms with van der Waals surface area (Å²) in [5, 5.41) is 5.73. The van der Waals surface area contributed by atoms with E-state index in [1.54, 1.807) is 0 Å². The topological polar surface area (TPSA) is 15.3 Å². The van der Waals surface area contributed by atoms with Crippen LogP contribution in [0, 0.1) is 0 Å². The molecule has 17 heavy (non-hydrogen) atoms. The van der Waals surface area contributed by atoms with E-state index in [0.717, 1.165) is 19.1 Å². The number of hydrogen-bond acceptors (Lipinski definition) is 3. The zero-order valence-corrected chi connectivity index (χ0v) is 13.0. The Bertz CT molecular complexity index is 351. The number of thiophene rings is 1. The molecule has 0 radical (unpaired) electrons. The van der Waals surface area contributed by atoms with Gasteiger partial charge in [0.05, 0.1) is 0 Å². The summed E-state index contributed by atoms with van der Waals surface area (Å²) in [4.78, 5) is 4.08. The Balaban J connectivity index is 1.86. The maximum Gasteiger partial charge on any atom is 0.0331 e. The van der Waals surface area contributed by atoms with E-state index in [1.165, 1.54) is 28.7 Å². The van der Waals surface area contributed by atoms with Crippen LogP contribution in [0.5, 0.6) is 0 Å². The molecule has 96 valence electrons. The van der Waals surface area contributed by atoms with Gasteiger partial charge in [0.15, 0.2) is 0 Å². The van der Waals surface area contributed by atoms with Crippen molar-refractivity contribution < 1.29 is 0 Å².